The molecule has 0 aromatic heterocycles. The van der Waals surface area contributed by atoms with E-state index >= 15 is 8.78 Å². The Hall–Kier alpha value is -4.84. The lowest BCUT2D eigenvalue weighted by molar-refractivity contribution is -0.269. The topological polar surface area (TPSA) is 128 Å². The van der Waals surface area contributed by atoms with Gasteiger partial charge in [0, 0.05) is 26.1 Å². The van der Waals surface area contributed by atoms with E-state index in [1.165, 1.54) is 0 Å². The zero-order valence-electron chi connectivity index (χ0n) is 26.3. The maximum absolute atomic E-state index is 15.6. The molecule has 1 saturated heterocycles. The van der Waals surface area contributed by atoms with Crippen LogP contribution >= 0.6 is 0 Å². The number of carboxylic acid groups (broad SMARTS) is 1. The average molecular weight is 651 g/mol. The van der Waals surface area contributed by atoms with Gasteiger partial charge in [0.25, 0.3) is 0 Å². The molecule has 0 aliphatic carbocycles. The number of benzene rings is 3. The number of carbonyl (C=O) groups excluding carboxylic acids is 4. The zero-order valence-corrected chi connectivity index (χ0v) is 26.3. The van der Waals surface area contributed by atoms with Gasteiger partial charge in [0.15, 0.2) is 0 Å². The number of Topliss-reactive ketones (excluding diaryl/α,β-unsaturated/α-hetero) is 1. The second-order valence-electron chi connectivity index (χ2n) is 11.6. The number of alkyl halides is 2. The van der Waals surface area contributed by atoms with Crippen molar-refractivity contribution in [2.75, 3.05) is 26.3 Å². The van der Waals surface area contributed by atoms with Crippen LogP contribution < -0.4 is 15.2 Å². The van der Waals surface area contributed by atoms with Gasteiger partial charge in [-0.15, -0.1) is 0 Å². The summed E-state index contributed by atoms with van der Waals surface area (Å²) in [6.45, 7) is 3.13. The summed E-state index contributed by atoms with van der Waals surface area (Å²) in [7, 11) is 0. The summed E-state index contributed by atoms with van der Waals surface area (Å²) in [6.07, 6.45) is -2.05. The van der Waals surface area contributed by atoms with E-state index in [0.717, 1.165) is 15.4 Å². The van der Waals surface area contributed by atoms with Crippen molar-refractivity contribution in [2.45, 2.75) is 51.4 Å². The fraction of sp³-hybridized carbons (Fsp3) is 0.371. The predicted octanol–water partition coefficient (Wildman–Crippen LogP) is 3.23. The van der Waals surface area contributed by atoms with Crippen molar-refractivity contribution in [3.63, 3.8) is 0 Å². The first-order valence-electron chi connectivity index (χ1n) is 15.3. The molecule has 4 rings (SSSR count). The van der Waals surface area contributed by atoms with E-state index < -0.39 is 54.0 Å². The van der Waals surface area contributed by atoms with Crippen molar-refractivity contribution in [1.82, 2.24) is 15.1 Å². The lowest BCUT2D eigenvalue weighted by Gasteiger charge is -2.36. The molecule has 1 aliphatic heterocycles. The largest absolute Gasteiger partial charge is 0.530 e. The van der Waals surface area contributed by atoms with Gasteiger partial charge in [-0.3, -0.25) is 14.4 Å². The monoisotopic (exact) mass is 650 g/mol. The fourth-order valence-corrected chi connectivity index (χ4v) is 5.31. The number of morpholine rings is 1. The third-order valence-electron chi connectivity index (χ3n) is 7.79. The normalized spacial score (nSPS) is 14.6. The highest BCUT2D eigenvalue weighted by Gasteiger charge is 2.53. The van der Waals surface area contributed by atoms with Crippen molar-refractivity contribution < 1.29 is 42.5 Å². The van der Waals surface area contributed by atoms with Crippen molar-refractivity contribution in [3.05, 3.63) is 102 Å². The number of ether oxygens (including phenoxy) is 2. The van der Waals surface area contributed by atoms with Crippen LogP contribution in [0, 0.1) is 5.92 Å². The minimum atomic E-state index is -4.47. The molecule has 0 saturated carbocycles. The minimum absolute atomic E-state index is 0.0470. The molecule has 1 fully saturated rings. The number of nitrogens with one attached hydrogen (secondary N) is 1. The number of ketones is 1. The third-order valence-corrected chi connectivity index (χ3v) is 7.79. The summed E-state index contributed by atoms with van der Waals surface area (Å²) in [5.41, 5.74) is 1.90. The Bertz CT molecular complexity index is 1500. The Morgan fingerprint density at radius 3 is 2.02 bits per heavy atom. The lowest BCUT2D eigenvalue weighted by atomic mass is 9.95. The Morgan fingerprint density at radius 2 is 1.47 bits per heavy atom. The molecule has 2 atom stereocenters. The Morgan fingerprint density at radius 1 is 0.894 bits per heavy atom. The van der Waals surface area contributed by atoms with Crippen molar-refractivity contribution in [3.8, 4) is 5.75 Å². The van der Waals surface area contributed by atoms with Crippen LogP contribution in [-0.2, 0) is 38.7 Å². The lowest BCUT2D eigenvalue weighted by Crippen LogP contribution is -2.61. The molecular formula is C35H38F2N3O7-. The SMILES string of the molecule is CC(C)[C@@H](C(=O)N[C@@H](Cc1ccc(OCc2ccccc2)cc1)C(=O)C(F)(F)C(=O)N1CCOCC1)N(Cc1ccccc1)C(=O)[O-]. The molecular weight excluding hydrogens is 612 g/mol. The molecule has 1 heterocycles. The van der Waals surface area contributed by atoms with Crippen LogP contribution in [-0.4, -0.2) is 77.8 Å². The molecule has 1 aliphatic rings. The van der Waals surface area contributed by atoms with Crippen LogP contribution in [0.15, 0.2) is 84.9 Å². The van der Waals surface area contributed by atoms with Gasteiger partial charge in [0.1, 0.15) is 24.5 Å². The molecule has 0 spiro atoms. The summed E-state index contributed by atoms with van der Waals surface area (Å²) in [5, 5.41) is 14.6. The second-order valence-corrected chi connectivity index (χ2v) is 11.6. The van der Waals surface area contributed by atoms with E-state index in [0.29, 0.717) is 23.5 Å². The van der Waals surface area contributed by atoms with E-state index in [4.69, 9.17) is 9.47 Å². The molecule has 47 heavy (non-hydrogen) atoms. The molecule has 3 aromatic carbocycles. The Kier molecular flexibility index (Phi) is 12.0. The number of nitrogens with zero attached hydrogens (tertiary/aromatic N) is 2. The molecule has 250 valence electrons. The van der Waals surface area contributed by atoms with Gasteiger partial charge in [-0.05, 0) is 34.7 Å². The second kappa shape index (κ2) is 16.1. The smallest absolute Gasteiger partial charge is 0.383 e. The van der Waals surface area contributed by atoms with Gasteiger partial charge >= 0.3 is 11.8 Å². The quantitative estimate of drug-likeness (QED) is 0.266. The number of hydrogen-bond donors (Lipinski definition) is 1. The van der Waals surface area contributed by atoms with Gasteiger partial charge in [0.2, 0.25) is 11.7 Å². The third kappa shape index (κ3) is 9.35. The van der Waals surface area contributed by atoms with Crippen molar-refractivity contribution in [2.24, 2.45) is 5.92 Å². The van der Waals surface area contributed by atoms with Crippen LogP contribution in [0.3, 0.4) is 0 Å². The molecule has 3 aromatic rings. The number of halogens is 2. The standard InChI is InChI=1S/C35H39F2N3O7/c1-24(2)30(40(34(44)45)22-26-9-5-3-6-10-26)32(42)38-29(31(41)35(36,37)33(43)39-17-19-46-20-18-39)21-25-13-15-28(16-14-25)47-23-27-11-7-4-8-12-27/h3-16,24,29-30H,17-23H2,1-2H3,(H,38,42)(H,44,45)/p-1/t29-,30-/m0/s1. The summed E-state index contributed by atoms with van der Waals surface area (Å²) in [5.74, 6) is -9.09. The van der Waals surface area contributed by atoms with Gasteiger partial charge < -0.3 is 34.5 Å². The summed E-state index contributed by atoms with van der Waals surface area (Å²) in [4.78, 5) is 54.0. The molecule has 0 bridgehead atoms. The van der Waals surface area contributed by atoms with E-state index in [9.17, 15) is 24.3 Å². The molecule has 1 N–H and O–H groups in total. The highest BCUT2D eigenvalue weighted by Crippen LogP contribution is 2.25. The first-order valence-corrected chi connectivity index (χ1v) is 15.3. The molecule has 3 amide bonds. The van der Waals surface area contributed by atoms with Gasteiger partial charge in [0.05, 0.1) is 19.3 Å². The number of amides is 3. The first kappa shape index (κ1) is 35.0. The summed E-state index contributed by atoms with van der Waals surface area (Å²) in [6, 6.07) is 21.0. The van der Waals surface area contributed by atoms with E-state index in [-0.39, 0.29) is 32.8 Å². The van der Waals surface area contributed by atoms with Crippen LogP contribution in [0.4, 0.5) is 13.6 Å². The van der Waals surface area contributed by atoms with Crippen LogP contribution in [0.5, 0.6) is 5.75 Å². The molecule has 10 nitrogen and oxygen atoms in total. The van der Waals surface area contributed by atoms with Crippen molar-refractivity contribution >= 4 is 23.7 Å². The van der Waals surface area contributed by atoms with Gasteiger partial charge in [-0.1, -0.05) is 86.6 Å². The molecule has 0 radical (unpaired) electrons. The van der Waals surface area contributed by atoms with E-state index in [1.807, 2.05) is 30.3 Å². The maximum Gasteiger partial charge on any atom is 0.383 e. The van der Waals surface area contributed by atoms with Crippen molar-refractivity contribution in [1.29, 1.82) is 0 Å². The zero-order chi connectivity index (χ0) is 34.0. The van der Waals surface area contributed by atoms with Crippen LogP contribution in [0.25, 0.3) is 0 Å². The molecule has 0 unspecified atom stereocenters. The summed E-state index contributed by atoms with van der Waals surface area (Å²) < 4.78 is 42.1. The van der Waals surface area contributed by atoms with Gasteiger partial charge in [-0.25, -0.2) is 0 Å². The maximum atomic E-state index is 15.6. The predicted molar refractivity (Wildman–Crippen MR) is 166 cm³/mol. The molecule has 12 heteroatoms. The highest BCUT2D eigenvalue weighted by atomic mass is 19.3. The van der Waals surface area contributed by atoms with E-state index in [2.05, 4.69) is 5.32 Å². The van der Waals surface area contributed by atoms with Crippen LogP contribution in [0.1, 0.15) is 30.5 Å². The Balaban J connectivity index is 1.58. The summed E-state index contributed by atoms with van der Waals surface area (Å²) >= 11 is 0. The number of carbonyl (C=O) groups is 4. The van der Waals surface area contributed by atoms with E-state index in [1.54, 1.807) is 68.4 Å². The number of hydrogen-bond acceptors (Lipinski definition) is 7. The van der Waals surface area contributed by atoms with Crippen LogP contribution in [0.2, 0.25) is 0 Å². The van der Waals surface area contributed by atoms with Gasteiger partial charge in [-0.2, -0.15) is 8.78 Å². The minimum Gasteiger partial charge on any atom is -0.530 e. The number of rotatable bonds is 14. The fourth-order valence-electron chi connectivity index (χ4n) is 5.31. The first-order chi connectivity index (χ1) is 22.5. The highest BCUT2D eigenvalue weighted by molar-refractivity contribution is 6.10. The average Bonchev–Trinajstić information content (AvgIpc) is 3.07. The Labute approximate surface area is 272 Å².